The largest absolute Gasteiger partial charge is 0.504 e. The molecule has 3 N–H and O–H groups in total. The number of benzene rings is 2. The normalized spacial score (nSPS) is 12.0. The van der Waals surface area contributed by atoms with Crippen LogP contribution in [0.2, 0.25) is 0 Å². The van der Waals surface area contributed by atoms with E-state index in [1.807, 2.05) is 0 Å². The van der Waals surface area contributed by atoms with Gasteiger partial charge in [0.2, 0.25) is 0 Å². The molecule has 1 unspecified atom stereocenters. The minimum atomic E-state index is -0.545. The predicted octanol–water partition coefficient (Wildman–Crippen LogP) is 3.04. The fourth-order valence-electron chi connectivity index (χ4n) is 1.95. The first-order chi connectivity index (χ1) is 9.90. The van der Waals surface area contributed by atoms with Gasteiger partial charge in [-0.25, -0.2) is 4.39 Å². The summed E-state index contributed by atoms with van der Waals surface area (Å²) < 4.78 is 13.5. The first-order valence-corrected chi connectivity index (χ1v) is 6.48. The molecule has 2 aromatic rings. The van der Waals surface area contributed by atoms with Gasteiger partial charge >= 0.3 is 0 Å². The lowest BCUT2D eigenvalue weighted by Crippen LogP contribution is -2.26. The molecule has 5 heteroatoms. The van der Waals surface area contributed by atoms with Gasteiger partial charge in [-0.2, -0.15) is 0 Å². The summed E-state index contributed by atoms with van der Waals surface area (Å²) in [6.07, 6.45) is 0. The number of aromatic hydroxyl groups is 2. The number of nitrogens with one attached hydrogen (secondary N) is 1. The fraction of sp³-hybridized carbons (Fsp3) is 0.188. The number of hydrogen-bond acceptors (Lipinski definition) is 3. The molecule has 2 aromatic carbocycles. The van der Waals surface area contributed by atoms with Crippen LogP contribution in [0, 0.1) is 12.7 Å². The lowest BCUT2D eigenvalue weighted by Gasteiger charge is -2.15. The van der Waals surface area contributed by atoms with Crippen LogP contribution >= 0.6 is 0 Å². The van der Waals surface area contributed by atoms with E-state index in [-0.39, 0.29) is 17.1 Å². The maximum absolute atomic E-state index is 13.5. The lowest BCUT2D eigenvalue weighted by molar-refractivity contribution is 0.0936. The van der Waals surface area contributed by atoms with Gasteiger partial charge in [0.25, 0.3) is 5.91 Å². The van der Waals surface area contributed by atoms with Crippen molar-refractivity contribution in [2.45, 2.75) is 19.9 Å². The quantitative estimate of drug-likeness (QED) is 0.761. The molecule has 110 valence electrons. The van der Waals surface area contributed by atoms with E-state index in [0.717, 1.165) is 0 Å². The van der Waals surface area contributed by atoms with Gasteiger partial charge < -0.3 is 15.5 Å². The number of halogens is 1. The third kappa shape index (κ3) is 3.13. The molecule has 0 radical (unpaired) electrons. The summed E-state index contributed by atoms with van der Waals surface area (Å²) in [6.45, 7) is 3.37. The van der Waals surface area contributed by atoms with Crippen LogP contribution in [0.25, 0.3) is 0 Å². The molecule has 0 spiro atoms. The van der Waals surface area contributed by atoms with Crippen molar-refractivity contribution in [3.8, 4) is 11.5 Å². The highest BCUT2D eigenvalue weighted by molar-refractivity contribution is 5.97. The number of carbonyl (C=O) groups excluding carboxylic acids is 1. The SMILES string of the molecule is Cc1ccc(C(C)NC(=O)c2cccc(O)c2O)cc1F. The Hall–Kier alpha value is -2.56. The zero-order valence-corrected chi connectivity index (χ0v) is 11.7. The van der Waals surface area contributed by atoms with Crippen LogP contribution in [0.5, 0.6) is 11.5 Å². The van der Waals surface area contributed by atoms with Crippen LogP contribution in [0.3, 0.4) is 0 Å². The predicted molar refractivity (Wildman–Crippen MR) is 76.8 cm³/mol. The summed E-state index contributed by atoms with van der Waals surface area (Å²) in [5.74, 6) is -1.72. The van der Waals surface area contributed by atoms with E-state index in [2.05, 4.69) is 5.32 Å². The Labute approximate surface area is 121 Å². The van der Waals surface area contributed by atoms with Crippen molar-refractivity contribution < 1.29 is 19.4 Å². The summed E-state index contributed by atoms with van der Waals surface area (Å²) in [6, 6.07) is 8.43. The number of carbonyl (C=O) groups is 1. The van der Waals surface area contributed by atoms with E-state index in [9.17, 15) is 19.4 Å². The molecule has 0 aliphatic heterocycles. The molecule has 0 saturated carbocycles. The smallest absolute Gasteiger partial charge is 0.255 e. The maximum atomic E-state index is 13.5. The topological polar surface area (TPSA) is 69.6 Å². The van der Waals surface area contributed by atoms with Gasteiger partial charge in [-0.15, -0.1) is 0 Å². The number of rotatable bonds is 3. The van der Waals surface area contributed by atoms with Gasteiger partial charge in [0.05, 0.1) is 11.6 Å². The second-order valence-electron chi connectivity index (χ2n) is 4.88. The number of phenols is 2. The van der Waals surface area contributed by atoms with E-state index in [1.165, 1.54) is 24.3 Å². The molecule has 4 nitrogen and oxygen atoms in total. The Morgan fingerprint density at radius 2 is 1.95 bits per heavy atom. The zero-order valence-electron chi connectivity index (χ0n) is 11.7. The fourth-order valence-corrected chi connectivity index (χ4v) is 1.95. The van der Waals surface area contributed by atoms with Gasteiger partial charge in [0.15, 0.2) is 11.5 Å². The second kappa shape index (κ2) is 5.83. The summed E-state index contributed by atoms with van der Waals surface area (Å²) in [7, 11) is 0. The highest BCUT2D eigenvalue weighted by Crippen LogP contribution is 2.28. The molecule has 0 heterocycles. The number of amides is 1. The zero-order chi connectivity index (χ0) is 15.6. The van der Waals surface area contributed by atoms with Gasteiger partial charge in [-0.3, -0.25) is 4.79 Å². The Balaban J connectivity index is 2.18. The lowest BCUT2D eigenvalue weighted by atomic mass is 10.1. The van der Waals surface area contributed by atoms with E-state index in [0.29, 0.717) is 11.1 Å². The van der Waals surface area contributed by atoms with Crippen molar-refractivity contribution in [3.63, 3.8) is 0 Å². The van der Waals surface area contributed by atoms with E-state index >= 15 is 0 Å². The highest BCUT2D eigenvalue weighted by Gasteiger charge is 2.17. The third-order valence-corrected chi connectivity index (χ3v) is 3.30. The van der Waals surface area contributed by atoms with Gasteiger partial charge in [-0.1, -0.05) is 18.2 Å². The van der Waals surface area contributed by atoms with Crippen molar-refractivity contribution >= 4 is 5.91 Å². The number of hydrogen-bond donors (Lipinski definition) is 3. The molecule has 1 amide bonds. The molecule has 2 rings (SSSR count). The average molecular weight is 289 g/mol. The molecular formula is C16H16FNO3. The van der Waals surface area contributed by atoms with Crippen LogP contribution in [0.4, 0.5) is 4.39 Å². The molecule has 1 atom stereocenters. The van der Waals surface area contributed by atoms with Crippen LogP contribution in [-0.2, 0) is 0 Å². The first kappa shape index (κ1) is 14.8. The highest BCUT2D eigenvalue weighted by atomic mass is 19.1. The standard InChI is InChI=1S/C16H16FNO3/c1-9-6-7-11(8-13(9)17)10(2)18-16(21)12-4-3-5-14(19)15(12)20/h3-8,10,19-20H,1-2H3,(H,18,21). The van der Waals surface area contributed by atoms with E-state index in [4.69, 9.17) is 0 Å². The number of phenolic OH excluding ortho intramolecular Hbond substituents is 2. The maximum Gasteiger partial charge on any atom is 0.255 e. The Kier molecular flexibility index (Phi) is 4.12. The molecule has 0 aliphatic carbocycles. The molecule has 0 fully saturated rings. The Morgan fingerprint density at radius 1 is 1.24 bits per heavy atom. The van der Waals surface area contributed by atoms with Gasteiger partial charge in [0.1, 0.15) is 5.82 Å². The molecule has 21 heavy (non-hydrogen) atoms. The van der Waals surface area contributed by atoms with Crippen molar-refractivity contribution in [2.75, 3.05) is 0 Å². The second-order valence-corrected chi connectivity index (χ2v) is 4.88. The summed E-state index contributed by atoms with van der Waals surface area (Å²) in [5, 5.41) is 21.7. The van der Waals surface area contributed by atoms with Gasteiger partial charge in [0, 0.05) is 0 Å². The summed E-state index contributed by atoms with van der Waals surface area (Å²) >= 11 is 0. The van der Waals surface area contributed by atoms with Crippen molar-refractivity contribution in [1.29, 1.82) is 0 Å². The van der Waals surface area contributed by atoms with Crippen molar-refractivity contribution in [3.05, 3.63) is 58.9 Å². The van der Waals surface area contributed by atoms with Crippen LogP contribution in [-0.4, -0.2) is 16.1 Å². The van der Waals surface area contributed by atoms with E-state index < -0.39 is 17.7 Å². The Bertz CT molecular complexity index is 685. The van der Waals surface area contributed by atoms with Crippen LogP contribution < -0.4 is 5.32 Å². The van der Waals surface area contributed by atoms with Gasteiger partial charge in [-0.05, 0) is 43.2 Å². The van der Waals surface area contributed by atoms with Crippen molar-refractivity contribution in [1.82, 2.24) is 5.32 Å². The summed E-state index contributed by atoms with van der Waals surface area (Å²) in [5.41, 5.74) is 1.11. The molecule has 0 aromatic heterocycles. The number of aryl methyl sites for hydroxylation is 1. The average Bonchev–Trinajstić information content (AvgIpc) is 2.44. The molecule has 0 aliphatic rings. The summed E-state index contributed by atoms with van der Waals surface area (Å²) in [4.78, 5) is 12.1. The minimum Gasteiger partial charge on any atom is -0.504 e. The molecular weight excluding hydrogens is 273 g/mol. The molecule has 0 bridgehead atoms. The van der Waals surface area contributed by atoms with Crippen molar-refractivity contribution in [2.24, 2.45) is 0 Å². The first-order valence-electron chi connectivity index (χ1n) is 6.48. The van der Waals surface area contributed by atoms with Crippen LogP contribution in [0.15, 0.2) is 36.4 Å². The molecule has 0 saturated heterocycles. The van der Waals surface area contributed by atoms with Crippen LogP contribution in [0.1, 0.15) is 34.5 Å². The third-order valence-electron chi connectivity index (χ3n) is 3.30. The minimum absolute atomic E-state index is 0.0329. The van der Waals surface area contributed by atoms with E-state index in [1.54, 1.807) is 26.0 Å². The monoisotopic (exact) mass is 289 g/mol. The number of para-hydroxylation sites is 1. The Morgan fingerprint density at radius 3 is 2.62 bits per heavy atom.